The third-order valence-corrected chi connectivity index (χ3v) is 4.34. The van der Waals surface area contributed by atoms with E-state index in [1.165, 1.54) is 0 Å². The summed E-state index contributed by atoms with van der Waals surface area (Å²) < 4.78 is 10.6. The molecule has 1 N–H and O–H groups in total. The number of hydrogen-bond acceptors (Lipinski definition) is 4. The number of nitrogens with zero attached hydrogens (tertiary/aromatic N) is 1. The Morgan fingerprint density at radius 2 is 2.05 bits per heavy atom. The molecule has 1 aromatic carbocycles. The van der Waals surface area contributed by atoms with Gasteiger partial charge in [0.25, 0.3) is 0 Å². The Morgan fingerprint density at radius 1 is 1.23 bits per heavy atom. The maximum atomic E-state index is 12.3. The van der Waals surface area contributed by atoms with Crippen LogP contribution in [0.25, 0.3) is 0 Å². The number of amides is 2. The summed E-state index contributed by atoms with van der Waals surface area (Å²) in [4.78, 5) is 26.1. The molecular formula is C16H18N2O4. The van der Waals surface area contributed by atoms with Crippen LogP contribution in [0.3, 0.4) is 0 Å². The van der Waals surface area contributed by atoms with E-state index in [-0.39, 0.29) is 24.6 Å². The first-order valence-electron chi connectivity index (χ1n) is 7.69. The minimum absolute atomic E-state index is 0.0194. The van der Waals surface area contributed by atoms with Crippen molar-refractivity contribution < 1.29 is 19.1 Å². The van der Waals surface area contributed by atoms with Crippen molar-refractivity contribution in [3.8, 4) is 11.5 Å². The van der Waals surface area contributed by atoms with E-state index in [1.54, 1.807) is 4.90 Å². The van der Waals surface area contributed by atoms with Gasteiger partial charge < -0.3 is 19.7 Å². The van der Waals surface area contributed by atoms with E-state index in [9.17, 15) is 9.59 Å². The Hall–Kier alpha value is -2.24. The fourth-order valence-corrected chi connectivity index (χ4v) is 2.97. The van der Waals surface area contributed by atoms with Gasteiger partial charge in [-0.15, -0.1) is 0 Å². The Morgan fingerprint density at radius 3 is 2.86 bits per heavy atom. The van der Waals surface area contributed by atoms with Crippen LogP contribution in [0.1, 0.15) is 31.2 Å². The average molecular weight is 302 g/mol. The van der Waals surface area contributed by atoms with Crippen molar-refractivity contribution in [2.75, 3.05) is 6.79 Å². The first-order valence-corrected chi connectivity index (χ1v) is 7.69. The lowest BCUT2D eigenvalue weighted by Crippen LogP contribution is -2.45. The lowest BCUT2D eigenvalue weighted by atomic mass is 10.1. The van der Waals surface area contributed by atoms with E-state index in [0.29, 0.717) is 31.2 Å². The van der Waals surface area contributed by atoms with Gasteiger partial charge in [-0.1, -0.05) is 6.07 Å². The first-order chi connectivity index (χ1) is 10.7. The molecule has 2 amide bonds. The SMILES string of the molecule is O=C(NC1CC1)[C@H]1CCC(=O)N1Cc1ccc2c(c1)OCO2. The molecule has 1 aliphatic carbocycles. The molecule has 1 saturated heterocycles. The summed E-state index contributed by atoms with van der Waals surface area (Å²) in [6.07, 6.45) is 3.14. The predicted molar refractivity (Wildman–Crippen MR) is 77.3 cm³/mol. The first kappa shape index (κ1) is 13.4. The minimum atomic E-state index is -0.349. The molecule has 0 aromatic heterocycles. The van der Waals surface area contributed by atoms with Crippen LogP contribution < -0.4 is 14.8 Å². The van der Waals surface area contributed by atoms with Gasteiger partial charge >= 0.3 is 0 Å². The predicted octanol–water partition coefficient (Wildman–Crippen LogP) is 1.18. The molecule has 2 fully saturated rings. The zero-order chi connectivity index (χ0) is 15.1. The highest BCUT2D eigenvalue weighted by Gasteiger charge is 2.38. The second-order valence-electron chi connectivity index (χ2n) is 6.05. The molecule has 6 heteroatoms. The summed E-state index contributed by atoms with van der Waals surface area (Å²) in [5.41, 5.74) is 0.948. The molecular weight excluding hydrogens is 284 g/mol. The topological polar surface area (TPSA) is 67.9 Å². The molecule has 2 aliphatic heterocycles. The molecule has 3 aliphatic rings. The molecule has 0 spiro atoms. The lowest BCUT2D eigenvalue weighted by Gasteiger charge is -2.24. The van der Waals surface area contributed by atoms with Crippen LogP contribution in [-0.4, -0.2) is 35.6 Å². The maximum Gasteiger partial charge on any atom is 0.243 e. The fourth-order valence-electron chi connectivity index (χ4n) is 2.97. The average Bonchev–Trinajstić information content (AvgIpc) is 3.07. The zero-order valence-corrected chi connectivity index (χ0v) is 12.2. The zero-order valence-electron chi connectivity index (χ0n) is 12.2. The molecule has 0 radical (unpaired) electrons. The van der Waals surface area contributed by atoms with Crippen molar-refractivity contribution >= 4 is 11.8 Å². The number of carbonyl (C=O) groups excluding carboxylic acids is 2. The summed E-state index contributed by atoms with van der Waals surface area (Å²) in [5, 5.41) is 3.00. The smallest absolute Gasteiger partial charge is 0.243 e. The molecule has 116 valence electrons. The van der Waals surface area contributed by atoms with Crippen molar-refractivity contribution in [1.29, 1.82) is 0 Å². The van der Waals surface area contributed by atoms with Crippen molar-refractivity contribution in [1.82, 2.24) is 10.2 Å². The third-order valence-electron chi connectivity index (χ3n) is 4.34. The van der Waals surface area contributed by atoms with E-state index in [2.05, 4.69) is 5.32 Å². The van der Waals surface area contributed by atoms with Gasteiger partial charge in [-0.2, -0.15) is 0 Å². The number of carbonyl (C=O) groups is 2. The quantitative estimate of drug-likeness (QED) is 0.907. The van der Waals surface area contributed by atoms with Gasteiger partial charge in [0.2, 0.25) is 18.6 Å². The summed E-state index contributed by atoms with van der Waals surface area (Å²) in [6, 6.07) is 5.60. The second kappa shape index (κ2) is 5.19. The van der Waals surface area contributed by atoms with Crippen LogP contribution in [0.2, 0.25) is 0 Å². The minimum Gasteiger partial charge on any atom is -0.454 e. The highest BCUT2D eigenvalue weighted by molar-refractivity contribution is 5.91. The number of benzene rings is 1. The molecule has 0 bridgehead atoms. The normalized spacial score (nSPS) is 23.0. The Bertz CT molecular complexity index is 627. The van der Waals surface area contributed by atoms with Crippen LogP contribution in [0.15, 0.2) is 18.2 Å². The van der Waals surface area contributed by atoms with Crippen LogP contribution in [0.5, 0.6) is 11.5 Å². The van der Waals surface area contributed by atoms with Crippen molar-refractivity contribution in [3.05, 3.63) is 23.8 Å². The van der Waals surface area contributed by atoms with Crippen molar-refractivity contribution in [2.24, 2.45) is 0 Å². The van der Waals surface area contributed by atoms with E-state index in [0.717, 1.165) is 24.2 Å². The largest absolute Gasteiger partial charge is 0.454 e. The molecule has 22 heavy (non-hydrogen) atoms. The molecule has 2 heterocycles. The number of hydrogen-bond donors (Lipinski definition) is 1. The Labute approximate surface area is 128 Å². The van der Waals surface area contributed by atoms with Crippen LogP contribution in [0, 0.1) is 0 Å². The van der Waals surface area contributed by atoms with Gasteiger partial charge in [0.1, 0.15) is 6.04 Å². The standard InChI is InChI=1S/C16H18N2O4/c19-15-6-4-12(16(20)17-11-2-3-11)18(15)8-10-1-5-13-14(7-10)22-9-21-13/h1,5,7,11-12H,2-4,6,8-9H2,(H,17,20)/t12-/m1/s1. The van der Waals surface area contributed by atoms with Gasteiger partial charge in [-0.25, -0.2) is 0 Å². The van der Waals surface area contributed by atoms with Crippen LogP contribution in [0.4, 0.5) is 0 Å². The van der Waals surface area contributed by atoms with Crippen molar-refractivity contribution in [2.45, 2.75) is 44.3 Å². The molecule has 6 nitrogen and oxygen atoms in total. The number of ether oxygens (including phenoxy) is 2. The summed E-state index contributed by atoms with van der Waals surface area (Å²) in [6.45, 7) is 0.659. The van der Waals surface area contributed by atoms with Gasteiger partial charge in [0, 0.05) is 19.0 Å². The summed E-state index contributed by atoms with van der Waals surface area (Å²) >= 11 is 0. The lowest BCUT2D eigenvalue weighted by molar-refractivity contribution is -0.135. The summed E-state index contributed by atoms with van der Waals surface area (Å²) in [5.74, 6) is 1.44. The fraction of sp³-hybridized carbons (Fsp3) is 0.500. The summed E-state index contributed by atoms with van der Waals surface area (Å²) in [7, 11) is 0. The van der Waals surface area contributed by atoms with Gasteiger partial charge in [-0.3, -0.25) is 9.59 Å². The highest BCUT2D eigenvalue weighted by Crippen LogP contribution is 2.33. The van der Waals surface area contributed by atoms with Gasteiger partial charge in [0.15, 0.2) is 11.5 Å². The van der Waals surface area contributed by atoms with E-state index < -0.39 is 0 Å². The van der Waals surface area contributed by atoms with Crippen molar-refractivity contribution in [3.63, 3.8) is 0 Å². The van der Waals surface area contributed by atoms with E-state index in [4.69, 9.17) is 9.47 Å². The van der Waals surface area contributed by atoms with Gasteiger partial charge in [0.05, 0.1) is 0 Å². The molecule has 0 unspecified atom stereocenters. The van der Waals surface area contributed by atoms with E-state index in [1.807, 2.05) is 18.2 Å². The Kier molecular flexibility index (Phi) is 3.17. The third kappa shape index (κ3) is 2.49. The number of likely N-dealkylation sites (tertiary alicyclic amines) is 1. The van der Waals surface area contributed by atoms with E-state index >= 15 is 0 Å². The number of fused-ring (bicyclic) bond motifs is 1. The van der Waals surface area contributed by atoms with Gasteiger partial charge in [-0.05, 0) is 37.0 Å². The highest BCUT2D eigenvalue weighted by atomic mass is 16.7. The number of nitrogens with one attached hydrogen (secondary N) is 1. The molecule has 1 aromatic rings. The molecule has 1 saturated carbocycles. The van der Waals surface area contributed by atoms with Crippen LogP contribution in [-0.2, 0) is 16.1 Å². The second-order valence-corrected chi connectivity index (χ2v) is 6.05. The monoisotopic (exact) mass is 302 g/mol. The molecule has 4 rings (SSSR count). The molecule has 1 atom stereocenters. The Balaban J connectivity index is 1.49. The number of rotatable bonds is 4. The maximum absolute atomic E-state index is 12.3. The van der Waals surface area contributed by atoms with Crippen LogP contribution >= 0.6 is 0 Å².